The summed E-state index contributed by atoms with van der Waals surface area (Å²) in [5.74, 6) is 0.721. The average molecular weight is 413 g/mol. The highest BCUT2D eigenvalue weighted by Gasteiger charge is 2.34. The highest BCUT2D eigenvalue weighted by Crippen LogP contribution is 2.34. The first-order valence-corrected chi connectivity index (χ1v) is 11.8. The molecule has 1 atom stereocenters. The van der Waals surface area contributed by atoms with Gasteiger partial charge in [0.1, 0.15) is 5.82 Å². The van der Waals surface area contributed by atoms with Gasteiger partial charge in [0.05, 0.1) is 12.1 Å². The first kappa shape index (κ1) is 20.1. The standard InChI is InChI=1S/C23H33FN6/c24-19-12-10-18(11-13-19)22(23-25-26-27-30(23)21-8-2-1-3-9-21)29-16-14-28(15-17-29)20-6-4-5-7-20/h10-13,20-22H,1-9,14-17H2/t22-/m0/s1. The molecule has 5 rings (SSSR count). The van der Waals surface area contributed by atoms with Gasteiger partial charge in [-0.1, -0.05) is 44.2 Å². The lowest BCUT2D eigenvalue weighted by Crippen LogP contribution is -2.51. The third-order valence-corrected chi connectivity index (χ3v) is 7.42. The van der Waals surface area contributed by atoms with Gasteiger partial charge in [-0.2, -0.15) is 0 Å². The fourth-order valence-electron chi connectivity index (χ4n) is 5.76. The van der Waals surface area contributed by atoms with Gasteiger partial charge in [-0.25, -0.2) is 9.07 Å². The van der Waals surface area contributed by atoms with Crippen molar-refractivity contribution in [3.63, 3.8) is 0 Å². The molecule has 30 heavy (non-hydrogen) atoms. The summed E-state index contributed by atoms with van der Waals surface area (Å²) in [4.78, 5) is 5.18. The van der Waals surface area contributed by atoms with Crippen LogP contribution in [-0.2, 0) is 0 Å². The maximum absolute atomic E-state index is 13.7. The minimum Gasteiger partial charge on any atom is -0.298 e. The van der Waals surface area contributed by atoms with E-state index in [4.69, 9.17) is 0 Å². The number of tetrazole rings is 1. The first-order chi connectivity index (χ1) is 14.8. The molecule has 2 aromatic rings. The van der Waals surface area contributed by atoms with E-state index in [1.165, 1.54) is 44.9 Å². The van der Waals surface area contributed by atoms with E-state index in [1.54, 1.807) is 12.1 Å². The van der Waals surface area contributed by atoms with Crippen molar-refractivity contribution in [3.05, 3.63) is 41.5 Å². The molecule has 0 unspecified atom stereocenters. The molecular formula is C23H33FN6. The molecule has 2 aliphatic carbocycles. The molecule has 1 aromatic carbocycles. The van der Waals surface area contributed by atoms with Crippen LogP contribution in [0.3, 0.4) is 0 Å². The van der Waals surface area contributed by atoms with Gasteiger partial charge in [0.25, 0.3) is 0 Å². The molecular weight excluding hydrogens is 379 g/mol. The zero-order chi connectivity index (χ0) is 20.3. The minimum absolute atomic E-state index is 0.0201. The van der Waals surface area contributed by atoms with Crippen LogP contribution in [0.4, 0.5) is 4.39 Å². The van der Waals surface area contributed by atoms with Crippen molar-refractivity contribution in [1.29, 1.82) is 0 Å². The van der Waals surface area contributed by atoms with Crippen molar-refractivity contribution < 1.29 is 4.39 Å². The maximum Gasteiger partial charge on any atom is 0.173 e. The van der Waals surface area contributed by atoms with Gasteiger partial charge in [0, 0.05) is 32.2 Å². The van der Waals surface area contributed by atoms with Gasteiger partial charge >= 0.3 is 0 Å². The Morgan fingerprint density at radius 2 is 1.43 bits per heavy atom. The molecule has 1 saturated heterocycles. The SMILES string of the molecule is Fc1ccc([C@@H](c2nnnn2C2CCCCC2)N2CCN(C3CCCC3)CC2)cc1. The molecule has 6 nitrogen and oxygen atoms in total. The molecule has 162 valence electrons. The Bertz CT molecular complexity index is 801. The summed E-state index contributed by atoms with van der Waals surface area (Å²) >= 11 is 0. The second-order valence-electron chi connectivity index (χ2n) is 9.24. The van der Waals surface area contributed by atoms with Crippen molar-refractivity contribution in [2.24, 2.45) is 0 Å². The Balaban J connectivity index is 1.41. The molecule has 0 N–H and O–H groups in total. The molecule has 2 saturated carbocycles. The molecule has 1 aromatic heterocycles. The lowest BCUT2D eigenvalue weighted by Gasteiger charge is -2.41. The molecule has 1 aliphatic heterocycles. The normalized spacial score (nSPS) is 23.8. The summed E-state index contributed by atoms with van der Waals surface area (Å²) in [6, 6.07) is 8.06. The van der Waals surface area contributed by atoms with Crippen molar-refractivity contribution in [1.82, 2.24) is 30.0 Å². The Kier molecular flexibility index (Phi) is 6.09. The van der Waals surface area contributed by atoms with Gasteiger partial charge in [0.2, 0.25) is 0 Å². The average Bonchev–Trinajstić information content (AvgIpc) is 3.49. The van der Waals surface area contributed by atoms with E-state index >= 15 is 0 Å². The van der Waals surface area contributed by atoms with E-state index in [9.17, 15) is 4.39 Å². The van der Waals surface area contributed by atoms with Crippen molar-refractivity contribution in [3.8, 4) is 0 Å². The maximum atomic E-state index is 13.7. The van der Waals surface area contributed by atoms with Gasteiger partial charge in [-0.3, -0.25) is 9.80 Å². The molecule has 2 heterocycles. The van der Waals surface area contributed by atoms with Gasteiger partial charge in [-0.15, -0.1) is 5.10 Å². The van der Waals surface area contributed by atoms with Crippen LogP contribution < -0.4 is 0 Å². The zero-order valence-corrected chi connectivity index (χ0v) is 17.8. The molecule has 3 aliphatic rings. The minimum atomic E-state index is -0.199. The molecule has 0 spiro atoms. The van der Waals surface area contributed by atoms with Gasteiger partial charge < -0.3 is 0 Å². The summed E-state index contributed by atoms with van der Waals surface area (Å²) in [5.41, 5.74) is 1.08. The number of aromatic nitrogens is 4. The summed E-state index contributed by atoms with van der Waals surface area (Å²) in [5, 5.41) is 13.0. The van der Waals surface area contributed by atoms with Crippen LogP contribution in [0, 0.1) is 5.82 Å². The number of nitrogens with zero attached hydrogens (tertiary/aromatic N) is 6. The molecule has 3 fully saturated rings. The summed E-state index contributed by atoms with van der Waals surface area (Å²) in [7, 11) is 0. The van der Waals surface area contributed by atoms with Crippen molar-refractivity contribution in [2.45, 2.75) is 75.9 Å². The Hall–Kier alpha value is -1.86. The van der Waals surface area contributed by atoms with Gasteiger partial charge in [0.15, 0.2) is 5.82 Å². The number of halogens is 1. The Morgan fingerprint density at radius 1 is 0.800 bits per heavy atom. The number of rotatable bonds is 5. The Morgan fingerprint density at radius 3 is 2.13 bits per heavy atom. The van der Waals surface area contributed by atoms with E-state index in [0.717, 1.165) is 56.5 Å². The third-order valence-electron chi connectivity index (χ3n) is 7.42. The second kappa shape index (κ2) is 9.10. The number of hydrogen-bond donors (Lipinski definition) is 0. The van der Waals surface area contributed by atoms with E-state index < -0.39 is 0 Å². The molecule has 0 radical (unpaired) electrons. The van der Waals surface area contributed by atoms with Crippen molar-refractivity contribution in [2.75, 3.05) is 26.2 Å². The topological polar surface area (TPSA) is 50.1 Å². The molecule has 0 bridgehead atoms. The quantitative estimate of drug-likeness (QED) is 0.744. The zero-order valence-electron chi connectivity index (χ0n) is 17.8. The number of piperazine rings is 1. The lowest BCUT2D eigenvalue weighted by atomic mass is 9.95. The predicted molar refractivity (Wildman–Crippen MR) is 114 cm³/mol. The molecule has 0 amide bonds. The third kappa shape index (κ3) is 4.14. The largest absolute Gasteiger partial charge is 0.298 e. The van der Waals surface area contributed by atoms with E-state index in [1.807, 2.05) is 12.1 Å². The Labute approximate surface area is 178 Å². The summed E-state index contributed by atoms with van der Waals surface area (Å²) in [6.45, 7) is 4.17. The van der Waals surface area contributed by atoms with Gasteiger partial charge in [-0.05, 0) is 53.8 Å². The van der Waals surface area contributed by atoms with E-state index in [2.05, 4.69) is 30.0 Å². The van der Waals surface area contributed by atoms with E-state index in [0.29, 0.717) is 6.04 Å². The fraction of sp³-hybridized carbons (Fsp3) is 0.696. The smallest absolute Gasteiger partial charge is 0.173 e. The monoisotopic (exact) mass is 412 g/mol. The van der Waals surface area contributed by atoms with Crippen molar-refractivity contribution >= 4 is 0 Å². The van der Waals surface area contributed by atoms with E-state index in [-0.39, 0.29) is 11.9 Å². The highest BCUT2D eigenvalue weighted by molar-refractivity contribution is 5.26. The number of hydrogen-bond acceptors (Lipinski definition) is 5. The first-order valence-electron chi connectivity index (χ1n) is 11.8. The second-order valence-corrected chi connectivity index (χ2v) is 9.24. The lowest BCUT2D eigenvalue weighted by molar-refractivity contribution is 0.0760. The summed E-state index contributed by atoms with van der Waals surface area (Å²) < 4.78 is 15.7. The van der Waals surface area contributed by atoms with Crippen LogP contribution in [0.5, 0.6) is 0 Å². The van der Waals surface area contributed by atoms with Crippen LogP contribution >= 0.6 is 0 Å². The molecule has 7 heteroatoms. The van der Waals surface area contributed by atoms with Crippen LogP contribution in [-0.4, -0.2) is 62.2 Å². The predicted octanol–water partition coefficient (Wildman–Crippen LogP) is 3.97. The summed E-state index contributed by atoms with van der Waals surface area (Å²) in [6.07, 6.45) is 11.5. The van der Waals surface area contributed by atoms with Crippen LogP contribution in [0.2, 0.25) is 0 Å². The number of benzene rings is 1. The highest BCUT2D eigenvalue weighted by atomic mass is 19.1. The fourth-order valence-corrected chi connectivity index (χ4v) is 5.76. The van der Waals surface area contributed by atoms with Crippen LogP contribution in [0.25, 0.3) is 0 Å². The van der Waals surface area contributed by atoms with Crippen LogP contribution in [0.15, 0.2) is 24.3 Å². The van der Waals surface area contributed by atoms with Crippen LogP contribution in [0.1, 0.15) is 81.3 Å².